The van der Waals surface area contributed by atoms with E-state index in [1.807, 2.05) is 13.8 Å². The second kappa shape index (κ2) is 6.12. The average molecular weight is 270 g/mol. The number of nitro benzene ring substituents is 1. The average Bonchev–Trinajstić information content (AvgIpc) is 2.31. The van der Waals surface area contributed by atoms with E-state index in [2.05, 4.69) is 5.32 Å². The summed E-state index contributed by atoms with van der Waals surface area (Å²) >= 11 is 0. The molecular weight excluding hydrogens is 255 g/mol. The van der Waals surface area contributed by atoms with Crippen LogP contribution in [-0.4, -0.2) is 22.0 Å². The van der Waals surface area contributed by atoms with Crippen LogP contribution in [0.25, 0.3) is 0 Å². The fourth-order valence-electron chi connectivity index (χ4n) is 1.77. The van der Waals surface area contributed by atoms with Gasteiger partial charge in [-0.05, 0) is 19.4 Å². The van der Waals surface area contributed by atoms with E-state index in [0.29, 0.717) is 6.07 Å². The monoisotopic (exact) mass is 270 g/mol. The molecule has 0 spiro atoms. The van der Waals surface area contributed by atoms with E-state index in [0.717, 1.165) is 18.9 Å². The summed E-state index contributed by atoms with van der Waals surface area (Å²) in [7, 11) is 0. The molecule has 0 heterocycles. The molecule has 1 aromatic rings. The number of aromatic carboxylic acids is 1. The fraction of sp³-hybridized carbons (Fsp3) is 0.417. The number of carboxylic acid groups (broad SMARTS) is 1. The first-order chi connectivity index (χ1) is 8.86. The maximum Gasteiger partial charge on any atom is 0.342 e. The number of anilines is 1. The molecule has 2 N–H and O–H groups in total. The van der Waals surface area contributed by atoms with Crippen LogP contribution < -0.4 is 5.32 Å². The molecule has 0 amide bonds. The molecule has 0 saturated carbocycles. The summed E-state index contributed by atoms with van der Waals surface area (Å²) in [6, 6.07) is 1.54. The van der Waals surface area contributed by atoms with Crippen LogP contribution in [0.15, 0.2) is 12.1 Å². The van der Waals surface area contributed by atoms with E-state index in [1.54, 1.807) is 0 Å². The number of nitro groups is 1. The lowest BCUT2D eigenvalue weighted by Gasteiger charge is -2.15. The summed E-state index contributed by atoms with van der Waals surface area (Å²) in [5.41, 5.74) is -1.32. The summed E-state index contributed by atoms with van der Waals surface area (Å²) in [6.45, 7) is 3.79. The lowest BCUT2D eigenvalue weighted by Crippen LogP contribution is -2.16. The number of hydrogen-bond donors (Lipinski definition) is 2. The highest BCUT2D eigenvalue weighted by Gasteiger charge is 2.23. The number of hydrogen-bond acceptors (Lipinski definition) is 4. The van der Waals surface area contributed by atoms with Crippen molar-refractivity contribution in [1.29, 1.82) is 0 Å². The van der Waals surface area contributed by atoms with Crippen LogP contribution in [0.3, 0.4) is 0 Å². The highest BCUT2D eigenvalue weighted by atomic mass is 19.1. The van der Waals surface area contributed by atoms with Gasteiger partial charge in [-0.15, -0.1) is 0 Å². The van der Waals surface area contributed by atoms with Crippen LogP contribution in [0.2, 0.25) is 0 Å². The summed E-state index contributed by atoms with van der Waals surface area (Å²) in [5, 5.41) is 22.4. The van der Waals surface area contributed by atoms with E-state index >= 15 is 0 Å². The van der Waals surface area contributed by atoms with Crippen molar-refractivity contribution in [1.82, 2.24) is 0 Å². The topological polar surface area (TPSA) is 92.5 Å². The van der Waals surface area contributed by atoms with Gasteiger partial charge in [-0.1, -0.05) is 13.3 Å². The molecule has 1 atom stereocenters. The van der Waals surface area contributed by atoms with Crippen molar-refractivity contribution >= 4 is 17.3 Å². The Morgan fingerprint density at radius 3 is 2.68 bits per heavy atom. The van der Waals surface area contributed by atoms with Gasteiger partial charge in [-0.3, -0.25) is 10.1 Å². The minimum absolute atomic E-state index is 0.0380. The van der Waals surface area contributed by atoms with Gasteiger partial charge < -0.3 is 10.4 Å². The third kappa shape index (κ3) is 3.64. The van der Waals surface area contributed by atoms with E-state index in [-0.39, 0.29) is 11.7 Å². The van der Waals surface area contributed by atoms with Crippen LogP contribution in [0, 0.1) is 15.9 Å². The molecule has 1 rings (SSSR count). The first kappa shape index (κ1) is 14.9. The minimum Gasteiger partial charge on any atom is -0.477 e. The zero-order chi connectivity index (χ0) is 14.6. The van der Waals surface area contributed by atoms with E-state index in [4.69, 9.17) is 5.11 Å². The standard InChI is InChI=1S/C12H15FN2O4/c1-3-4-7(2)14-10-5-8(12(16)17)11(15(18)19)6-9(10)13/h5-7,14H,3-4H2,1-2H3,(H,16,17). The van der Waals surface area contributed by atoms with Crippen LogP contribution in [0.5, 0.6) is 0 Å². The molecule has 0 fully saturated rings. The number of carboxylic acids is 1. The molecular formula is C12H15FN2O4. The Labute approximate surface area is 109 Å². The van der Waals surface area contributed by atoms with Crippen molar-refractivity contribution in [3.05, 3.63) is 33.6 Å². The maximum atomic E-state index is 13.7. The van der Waals surface area contributed by atoms with Gasteiger partial charge in [0, 0.05) is 6.04 Å². The van der Waals surface area contributed by atoms with Crippen molar-refractivity contribution < 1.29 is 19.2 Å². The van der Waals surface area contributed by atoms with Crippen molar-refractivity contribution in [2.75, 3.05) is 5.32 Å². The number of nitrogens with zero attached hydrogens (tertiary/aromatic N) is 1. The number of rotatable bonds is 6. The minimum atomic E-state index is -1.46. The Kier molecular flexibility index (Phi) is 4.80. The van der Waals surface area contributed by atoms with Gasteiger partial charge in [-0.2, -0.15) is 0 Å². The van der Waals surface area contributed by atoms with Crippen molar-refractivity contribution in [2.45, 2.75) is 32.7 Å². The smallest absolute Gasteiger partial charge is 0.342 e. The summed E-state index contributed by atoms with van der Waals surface area (Å²) in [4.78, 5) is 20.7. The van der Waals surface area contributed by atoms with Crippen LogP contribution in [0.4, 0.5) is 15.8 Å². The molecule has 0 saturated heterocycles. The fourth-order valence-corrected chi connectivity index (χ4v) is 1.77. The first-order valence-electron chi connectivity index (χ1n) is 5.84. The van der Waals surface area contributed by atoms with Gasteiger partial charge in [-0.25, -0.2) is 9.18 Å². The van der Waals surface area contributed by atoms with Gasteiger partial charge in [0.05, 0.1) is 16.7 Å². The Hall–Kier alpha value is -2.18. The molecule has 1 unspecified atom stereocenters. The van der Waals surface area contributed by atoms with Gasteiger partial charge in [0.25, 0.3) is 5.69 Å². The number of carbonyl (C=O) groups is 1. The van der Waals surface area contributed by atoms with Crippen LogP contribution in [0.1, 0.15) is 37.0 Å². The molecule has 6 nitrogen and oxygen atoms in total. The molecule has 0 aliphatic rings. The molecule has 104 valence electrons. The second-order valence-electron chi connectivity index (χ2n) is 4.25. The SMILES string of the molecule is CCCC(C)Nc1cc(C(=O)O)c([N+](=O)[O-])cc1F. The van der Waals surface area contributed by atoms with E-state index < -0.39 is 28.0 Å². The highest BCUT2D eigenvalue weighted by Crippen LogP contribution is 2.27. The number of nitrogens with one attached hydrogen (secondary N) is 1. The Balaban J connectivity index is 3.17. The van der Waals surface area contributed by atoms with Gasteiger partial charge in [0.2, 0.25) is 0 Å². The normalized spacial score (nSPS) is 11.9. The molecule has 0 radical (unpaired) electrons. The summed E-state index contributed by atoms with van der Waals surface area (Å²) < 4.78 is 13.7. The molecule has 19 heavy (non-hydrogen) atoms. The largest absolute Gasteiger partial charge is 0.477 e. The third-order valence-corrected chi connectivity index (χ3v) is 2.64. The molecule has 1 aromatic carbocycles. The predicted molar refractivity (Wildman–Crippen MR) is 68.0 cm³/mol. The molecule has 0 aliphatic heterocycles. The van der Waals surface area contributed by atoms with Crippen molar-refractivity contribution in [2.24, 2.45) is 0 Å². The number of benzene rings is 1. The van der Waals surface area contributed by atoms with Gasteiger partial charge in [0.15, 0.2) is 5.82 Å². The predicted octanol–water partition coefficient (Wildman–Crippen LogP) is 3.03. The van der Waals surface area contributed by atoms with Gasteiger partial charge in [0.1, 0.15) is 5.56 Å². The molecule has 0 aromatic heterocycles. The lowest BCUT2D eigenvalue weighted by molar-refractivity contribution is -0.385. The summed E-state index contributed by atoms with van der Waals surface area (Å²) in [6.07, 6.45) is 1.66. The zero-order valence-corrected chi connectivity index (χ0v) is 10.6. The zero-order valence-electron chi connectivity index (χ0n) is 10.6. The van der Waals surface area contributed by atoms with Crippen molar-refractivity contribution in [3.63, 3.8) is 0 Å². The first-order valence-corrected chi connectivity index (χ1v) is 5.84. The molecule has 0 aliphatic carbocycles. The van der Waals surface area contributed by atoms with E-state index in [1.165, 1.54) is 0 Å². The number of halogens is 1. The third-order valence-electron chi connectivity index (χ3n) is 2.64. The maximum absolute atomic E-state index is 13.7. The molecule has 7 heteroatoms. The Bertz CT molecular complexity index is 505. The molecule has 0 bridgehead atoms. The van der Waals surface area contributed by atoms with E-state index in [9.17, 15) is 19.3 Å². The second-order valence-corrected chi connectivity index (χ2v) is 4.25. The van der Waals surface area contributed by atoms with Crippen molar-refractivity contribution in [3.8, 4) is 0 Å². The quantitative estimate of drug-likeness (QED) is 0.612. The lowest BCUT2D eigenvalue weighted by atomic mass is 10.1. The van der Waals surface area contributed by atoms with Gasteiger partial charge >= 0.3 is 5.97 Å². The van der Waals surface area contributed by atoms with Crippen LogP contribution in [-0.2, 0) is 0 Å². The van der Waals surface area contributed by atoms with Crippen LogP contribution >= 0.6 is 0 Å². The Morgan fingerprint density at radius 1 is 1.58 bits per heavy atom. The summed E-state index contributed by atoms with van der Waals surface area (Å²) in [5.74, 6) is -2.29. The highest BCUT2D eigenvalue weighted by molar-refractivity contribution is 5.93. The Morgan fingerprint density at radius 2 is 2.21 bits per heavy atom.